The van der Waals surface area contributed by atoms with Crippen LogP contribution in [-0.2, 0) is 19.1 Å². The number of methoxy groups -OCH3 is 5. The Hall–Kier alpha value is -4.86. The van der Waals surface area contributed by atoms with Crippen LogP contribution in [0, 0.1) is 0 Å². The molecule has 218 valence electrons. The number of ether oxygens (including phenoxy) is 8. The highest BCUT2D eigenvalue weighted by molar-refractivity contribution is 5.87. The van der Waals surface area contributed by atoms with Gasteiger partial charge in [-0.3, -0.25) is 4.79 Å². The van der Waals surface area contributed by atoms with Gasteiger partial charge in [-0.1, -0.05) is 24.3 Å². The number of carbonyl (C=O) groups is 2. The largest absolute Gasteiger partial charge is 0.493 e. The number of rotatable bonds is 14. The lowest BCUT2D eigenvalue weighted by molar-refractivity contribution is -0.145. The molecular formula is C31H34O10. The van der Waals surface area contributed by atoms with Gasteiger partial charge >= 0.3 is 11.9 Å². The van der Waals surface area contributed by atoms with Gasteiger partial charge in [-0.25, -0.2) is 4.79 Å². The minimum absolute atomic E-state index is 0.144. The van der Waals surface area contributed by atoms with Crippen molar-refractivity contribution in [2.45, 2.75) is 19.1 Å². The van der Waals surface area contributed by atoms with Gasteiger partial charge in [0, 0.05) is 18.6 Å². The Bertz CT molecular complexity index is 1350. The van der Waals surface area contributed by atoms with Crippen LogP contribution in [0.3, 0.4) is 0 Å². The summed E-state index contributed by atoms with van der Waals surface area (Å²) in [6, 6.07) is 17.6. The third kappa shape index (κ3) is 8.31. The first-order valence-corrected chi connectivity index (χ1v) is 12.6. The van der Waals surface area contributed by atoms with E-state index in [2.05, 4.69) is 4.74 Å². The molecule has 0 unspecified atom stereocenters. The fourth-order valence-corrected chi connectivity index (χ4v) is 3.90. The monoisotopic (exact) mass is 566 g/mol. The van der Waals surface area contributed by atoms with Crippen molar-refractivity contribution < 1.29 is 47.5 Å². The molecule has 0 fully saturated rings. The van der Waals surface area contributed by atoms with Crippen molar-refractivity contribution in [1.82, 2.24) is 0 Å². The summed E-state index contributed by atoms with van der Waals surface area (Å²) in [5.41, 5.74) is 1.33. The van der Waals surface area contributed by atoms with E-state index in [9.17, 15) is 9.59 Å². The average Bonchev–Trinajstić information content (AvgIpc) is 3.00. The number of benzene rings is 3. The molecule has 2 atom stereocenters. The van der Waals surface area contributed by atoms with Crippen LogP contribution in [0.2, 0.25) is 0 Å². The third-order valence-corrected chi connectivity index (χ3v) is 5.93. The molecule has 3 rings (SSSR count). The van der Waals surface area contributed by atoms with E-state index in [4.69, 9.17) is 33.2 Å². The maximum atomic E-state index is 11.9. The topological polar surface area (TPSA) is 108 Å². The van der Waals surface area contributed by atoms with Crippen molar-refractivity contribution in [3.05, 3.63) is 77.9 Å². The third-order valence-electron chi connectivity index (χ3n) is 5.93. The van der Waals surface area contributed by atoms with Crippen LogP contribution in [0.5, 0.6) is 34.5 Å². The molecule has 10 heteroatoms. The Balaban J connectivity index is 2.11. The lowest BCUT2D eigenvalue weighted by atomic mass is 10.0. The van der Waals surface area contributed by atoms with Gasteiger partial charge < -0.3 is 37.9 Å². The highest BCUT2D eigenvalue weighted by atomic mass is 16.6. The predicted octanol–water partition coefficient (Wildman–Crippen LogP) is 5.04. The SMILES string of the molecule is COC(=O)/C=C/c1ccc(O[C@H](c2ccc(OC)c(OC)c2)[C@@H](COC(C)=O)Oc2ccccc2OC)c(OC)c1. The number of hydrogen-bond donors (Lipinski definition) is 0. The Kier molecular flexibility index (Phi) is 11.3. The summed E-state index contributed by atoms with van der Waals surface area (Å²) in [4.78, 5) is 23.4. The minimum Gasteiger partial charge on any atom is -0.493 e. The van der Waals surface area contributed by atoms with Gasteiger partial charge in [0.15, 0.2) is 46.7 Å². The molecule has 0 aliphatic carbocycles. The predicted molar refractivity (Wildman–Crippen MR) is 151 cm³/mol. The van der Waals surface area contributed by atoms with E-state index < -0.39 is 24.1 Å². The molecule has 0 aromatic heterocycles. The van der Waals surface area contributed by atoms with E-state index in [0.717, 1.165) is 0 Å². The molecule has 0 aliphatic rings. The molecule has 0 bridgehead atoms. The van der Waals surface area contributed by atoms with Crippen molar-refractivity contribution >= 4 is 18.0 Å². The van der Waals surface area contributed by atoms with Gasteiger partial charge in [0.1, 0.15) is 6.61 Å². The second-order valence-corrected chi connectivity index (χ2v) is 8.53. The summed E-state index contributed by atoms with van der Waals surface area (Å²) in [5.74, 6) is 1.71. The molecular weight excluding hydrogens is 532 g/mol. The van der Waals surface area contributed by atoms with Gasteiger partial charge in [-0.15, -0.1) is 0 Å². The second kappa shape index (κ2) is 15.1. The fourth-order valence-electron chi connectivity index (χ4n) is 3.90. The molecule has 0 amide bonds. The van der Waals surface area contributed by atoms with E-state index in [1.165, 1.54) is 41.4 Å². The molecule has 0 spiro atoms. The van der Waals surface area contributed by atoms with Crippen LogP contribution in [0.1, 0.15) is 24.2 Å². The Morgan fingerprint density at radius 3 is 1.93 bits per heavy atom. The molecule has 0 saturated carbocycles. The number of para-hydroxylation sites is 2. The van der Waals surface area contributed by atoms with Crippen LogP contribution < -0.4 is 28.4 Å². The summed E-state index contributed by atoms with van der Waals surface area (Å²) >= 11 is 0. The first-order valence-electron chi connectivity index (χ1n) is 12.6. The molecule has 0 N–H and O–H groups in total. The molecule has 41 heavy (non-hydrogen) atoms. The quantitative estimate of drug-likeness (QED) is 0.195. The zero-order valence-electron chi connectivity index (χ0n) is 23.9. The number of hydrogen-bond acceptors (Lipinski definition) is 10. The Morgan fingerprint density at radius 2 is 1.29 bits per heavy atom. The summed E-state index contributed by atoms with van der Waals surface area (Å²) in [5, 5.41) is 0. The summed E-state index contributed by atoms with van der Waals surface area (Å²) < 4.78 is 45.0. The van der Waals surface area contributed by atoms with Crippen LogP contribution >= 0.6 is 0 Å². The zero-order valence-corrected chi connectivity index (χ0v) is 23.9. The lowest BCUT2D eigenvalue weighted by Gasteiger charge is -2.30. The average molecular weight is 567 g/mol. The highest BCUT2D eigenvalue weighted by Gasteiger charge is 2.31. The van der Waals surface area contributed by atoms with Crippen molar-refractivity contribution in [3.8, 4) is 34.5 Å². The smallest absolute Gasteiger partial charge is 0.330 e. The van der Waals surface area contributed by atoms with Crippen molar-refractivity contribution in [3.63, 3.8) is 0 Å². The molecule has 3 aromatic rings. The fraction of sp³-hybridized carbons (Fsp3) is 0.290. The van der Waals surface area contributed by atoms with E-state index in [1.54, 1.807) is 67.8 Å². The van der Waals surface area contributed by atoms with Crippen LogP contribution in [-0.4, -0.2) is 60.2 Å². The van der Waals surface area contributed by atoms with E-state index >= 15 is 0 Å². The van der Waals surface area contributed by atoms with Crippen molar-refractivity contribution in [2.24, 2.45) is 0 Å². The normalized spacial score (nSPS) is 12.1. The van der Waals surface area contributed by atoms with Crippen LogP contribution in [0.4, 0.5) is 0 Å². The van der Waals surface area contributed by atoms with Gasteiger partial charge in [0.05, 0.1) is 35.5 Å². The van der Waals surface area contributed by atoms with E-state index in [0.29, 0.717) is 45.6 Å². The molecule has 0 saturated heterocycles. The van der Waals surface area contributed by atoms with Gasteiger partial charge in [0.2, 0.25) is 0 Å². The maximum Gasteiger partial charge on any atom is 0.330 e. The number of carbonyl (C=O) groups excluding carboxylic acids is 2. The van der Waals surface area contributed by atoms with Crippen molar-refractivity contribution in [2.75, 3.05) is 42.2 Å². The first-order chi connectivity index (χ1) is 19.8. The van der Waals surface area contributed by atoms with Gasteiger partial charge in [0.25, 0.3) is 0 Å². The summed E-state index contributed by atoms with van der Waals surface area (Å²) in [6.45, 7) is 1.17. The molecule has 0 heterocycles. The second-order valence-electron chi connectivity index (χ2n) is 8.53. The van der Waals surface area contributed by atoms with Crippen LogP contribution in [0.25, 0.3) is 6.08 Å². The summed E-state index contributed by atoms with van der Waals surface area (Å²) in [7, 11) is 7.41. The van der Waals surface area contributed by atoms with E-state index in [1.807, 2.05) is 6.07 Å². The Morgan fingerprint density at radius 1 is 0.707 bits per heavy atom. The summed E-state index contributed by atoms with van der Waals surface area (Å²) in [6.07, 6.45) is 1.21. The van der Waals surface area contributed by atoms with Gasteiger partial charge in [-0.2, -0.15) is 0 Å². The molecule has 10 nitrogen and oxygen atoms in total. The zero-order chi connectivity index (χ0) is 29.8. The molecule has 0 aliphatic heterocycles. The number of esters is 2. The van der Waals surface area contributed by atoms with Gasteiger partial charge in [-0.05, 0) is 48.0 Å². The van der Waals surface area contributed by atoms with E-state index in [-0.39, 0.29) is 6.61 Å². The highest BCUT2D eigenvalue weighted by Crippen LogP contribution is 2.39. The minimum atomic E-state index is -0.850. The van der Waals surface area contributed by atoms with Crippen LogP contribution in [0.15, 0.2) is 66.7 Å². The molecule has 3 aromatic carbocycles. The first kappa shape index (κ1) is 30.7. The molecule has 0 radical (unpaired) electrons. The standard InChI is InChI=1S/C31H34O10/c1-20(32)39-19-29(40-25-10-8-7-9-23(25)34-2)31(22-13-15-24(35-3)28(18-22)37-5)41-26-14-11-21(17-27(26)36-4)12-16-30(33)38-6/h7-18,29,31H,19H2,1-6H3/b16-12+/t29-,31-/m1/s1. The Labute approximate surface area is 239 Å². The maximum absolute atomic E-state index is 11.9. The lowest BCUT2D eigenvalue weighted by Crippen LogP contribution is -2.34. The van der Waals surface area contributed by atoms with Crippen molar-refractivity contribution in [1.29, 1.82) is 0 Å².